The number of hydrogen-bond donors (Lipinski definition) is 2. The summed E-state index contributed by atoms with van der Waals surface area (Å²) in [7, 11) is 1.59. The molecular formula is C25H26N4O4. The maximum atomic E-state index is 13.5. The third-order valence-corrected chi connectivity index (χ3v) is 5.55. The van der Waals surface area contributed by atoms with Crippen LogP contribution in [0.2, 0.25) is 0 Å². The fourth-order valence-corrected chi connectivity index (χ4v) is 4.04. The number of carboxylic acid groups (broad SMARTS) is 1. The number of nitrogens with one attached hydrogen (secondary N) is 1. The van der Waals surface area contributed by atoms with Crippen LogP contribution in [0.4, 0.5) is 5.69 Å². The summed E-state index contributed by atoms with van der Waals surface area (Å²) in [5, 5.41) is 17.3. The Balaban J connectivity index is 1.83. The Bertz CT molecular complexity index is 1320. The highest BCUT2D eigenvalue weighted by molar-refractivity contribution is 6.15. The molecule has 0 atom stereocenters. The van der Waals surface area contributed by atoms with E-state index in [1.165, 1.54) is 12.1 Å². The standard InChI is InChI=1S/C25H26N4O4/c1-4-12-28-15-18(14-26-28)29-21(5-2)23(20-13-19(33-3)10-11-22(20)29)24(30)27-17-8-6-16(7-9-17)25(31)32/h6-11,13-15H,4-5,12H2,1-3H3,(H,27,30)(H,31,32). The number of hydrogen-bond acceptors (Lipinski definition) is 4. The van der Waals surface area contributed by atoms with E-state index in [2.05, 4.69) is 21.9 Å². The summed E-state index contributed by atoms with van der Waals surface area (Å²) in [5.41, 5.74) is 3.86. The second-order valence-electron chi connectivity index (χ2n) is 7.69. The van der Waals surface area contributed by atoms with Crippen molar-refractivity contribution in [1.82, 2.24) is 14.3 Å². The fourth-order valence-electron chi connectivity index (χ4n) is 4.04. The first-order valence-electron chi connectivity index (χ1n) is 10.9. The van der Waals surface area contributed by atoms with Crippen LogP contribution in [0, 0.1) is 0 Å². The van der Waals surface area contributed by atoms with Crippen molar-refractivity contribution in [3.05, 3.63) is 71.7 Å². The van der Waals surface area contributed by atoms with E-state index < -0.39 is 5.97 Å². The Morgan fingerprint density at radius 3 is 2.52 bits per heavy atom. The van der Waals surface area contributed by atoms with E-state index in [4.69, 9.17) is 9.84 Å². The molecule has 0 aliphatic rings. The predicted molar refractivity (Wildman–Crippen MR) is 127 cm³/mol. The second-order valence-corrected chi connectivity index (χ2v) is 7.69. The van der Waals surface area contributed by atoms with Crippen molar-refractivity contribution < 1.29 is 19.4 Å². The normalized spacial score (nSPS) is 11.0. The van der Waals surface area contributed by atoms with E-state index in [0.717, 1.165) is 35.2 Å². The zero-order valence-electron chi connectivity index (χ0n) is 18.8. The van der Waals surface area contributed by atoms with Crippen LogP contribution >= 0.6 is 0 Å². The summed E-state index contributed by atoms with van der Waals surface area (Å²) < 4.78 is 9.38. The average molecular weight is 447 g/mol. The molecule has 4 aromatic rings. The number of aromatic nitrogens is 3. The van der Waals surface area contributed by atoms with Gasteiger partial charge in [0.15, 0.2) is 0 Å². The molecule has 0 saturated carbocycles. The Hall–Kier alpha value is -4.07. The summed E-state index contributed by atoms with van der Waals surface area (Å²) in [6, 6.07) is 11.8. The maximum absolute atomic E-state index is 13.5. The third-order valence-electron chi connectivity index (χ3n) is 5.55. The molecule has 1 amide bonds. The van der Waals surface area contributed by atoms with Crippen molar-refractivity contribution in [1.29, 1.82) is 0 Å². The minimum absolute atomic E-state index is 0.160. The van der Waals surface area contributed by atoms with Gasteiger partial charge in [-0.1, -0.05) is 13.8 Å². The molecule has 8 heteroatoms. The lowest BCUT2D eigenvalue weighted by Crippen LogP contribution is -2.14. The Morgan fingerprint density at radius 2 is 1.88 bits per heavy atom. The second kappa shape index (κ2) is 9.20. The van der Waals surface area contributed by atoms with Crippen molar-refractivity contribution in [3.63, 3.8) is 0 Å². The topological polar surface area (TPSA) is 98.4 Å². The number of ether oxygens (including phenoxy) is 1. The first-order valence-corrected chi connectivity index (χ1v) is 10.9. The number of carboxylic acids is 1. The van der Waals surface area contributed by atoms with Crippen molar-refractivity contribution >= 4 is 28.5 Å². The molecule has 2 aromatic carbocycles. The van der Waals surface area contributed by atoms with Crippen LogP contribution in [0.25, 0.3) is 16.6 Å². The molecule has 0 unspecified atom stereocenters. The van der Waals surface area contributed by atoms with Gasteiger partial charge in [-0.25, -0.2) is 4.79 Å². The molecule has 0 bridgehead atoms. The number of nitrogens with zero attached hydrogens (tertiary/aromatic N) is 3. The molecule has 0 aliphatic carbocycles. The molecule has 0 saturated heterocycles. The number of carbonyl (C=O) groups excluding carboxylic acids is 1. The zero-order chi connectivity index (χ0) is 23.5. The number of fused-ring (bicyclic) bond motifs is 1. The zero-order valence-corrected chi connectivity index (χ0v) is 18.8. The molecule has 0 fully saturated rings. The van der Waals surface area contributed by atoms with Crippen LogP contribution in [-0.2, 0) is 13.0 Å². The molecule has 170 valence electrons. The lowest BCUT2D eigenvalue weighted by atomic mass is 10.1. The van der Waals surface area contributed by atoms with Gasteiger partial charge in [-0.15, -0.1) is 0 Å². The highest BCUT2D eigenvalue weighted by Crippen LogP contribution is 2.33. The van der Waals surface area contributed by atoms with E-state index in [0.29, 0.717) is 23.4 Å². The van der Waals surface area contributed by atoms with Gasteiger partial charge in [0.05, 0.1) is 35.6 Å². The molecule has 33 heavy (non-hydrogen) atoms. The van der Waals surface area contributed by atoms with Gasteiger partial charge in [-0.3, -0.25) is 9.48 Å². The van der Waals surface area contributed by atoms with Crippen molar-refractivity contribution in [3.8, 4) is 11.4 Å². The molecule has 2 heterocycles. The summed E-state index contributed by atoms with van der Waals surface area (Å²) in [5.74, 6) is -0.628. The highest BCUT2D eigenvalue weighted by Gasteiger charge is 2.24. The summed E-state index contributed by atoms with van der Waals surface area (Å²) in [4.78, 5) is 24.6. The van der Waals surface area contributed by atoms with Crippen LogP contribution in [0.1, 0.15) is 46.7 Å². The van der Waals surface area contributed by atoms with Crippen LogP contribution < -0.4 is 10.1 Å². The summed E-state index contributed by atoms with van der Waals surface area (Å²) in [6.07, 6.45) is 5.39. The van der Waals surface area contributed by atoms with E-state index >= 15 is 0 Å². The lowest BCUT2D eigenvalue weighted by molar-refractivity contribution is 0.0696. The smallest absolute Gasteiger partial charge is 0.335 e. The Labute approximate surface area is 191 Å². The monoisotopic (exact) mass is 446 g/mol. The minimum atomic E-state index is -1.01. The fraction of sp³-hybridized carbons (Fsp3) is 0.240. The number of methoxy groups -OCH3 is 1. The summed E-state index contributed by atoms with van der Waals surface area (Å²) in [6.45, 7) is 4.92. The lowest BCUT2D eigenvalue weighted by Gasteiger charge is -2.09. The first kappa shape index (κ1) is 22.1. The number of carbonyl (C=O) groups is 2. The van der Waals surface area contributed by atoms with E-state index in [-0.39, 0.29) is 11.5 Å². The van der Waals surface area contributed by atoms with Gasteiger partial charge >= 0.3 is 5.97 Å². The van der Waals surface area contributed by atoms with Gasteiger partial charge in [-0.05, 0) is 55.3 Å². The molecule has 2 N–H and O–H groups in total. The van der Waals surface area contributed by atoms with Gasteiger partial charge in [-0.2, -0.15) is 5.10 Å². The number of aryl methyl sites for hydroxylation is 1. The van der Waals surface area contributed by atoms with Gasteiger partial charge in [0, 0.05) is 29.5 Å². The van der Waals surface area contributed by atoms with Gasteiger partial charge < -0.3 is 19.7 Å². The number of amides is 1. The van der Waals surface area contributed by atoms with Crippen LogP contribution in [-0.4, -0.2) is 38.4 Å². The van der Waals surface area contributed by atoms with Gasteiger partial charge in [0.1, 0.15) is 5.75 Å². The largest absolute Gasteiger partial charge is 0.497 e. The van der Waals surface area contributed by atoms with Crippen LogP contribution in [0.3, 0.4) is 0 Å². The van der Waals surface area contributed by atoms with Crippen molar-refractivity contribution in [2.45, 2.75) is 33.2 Å². The number of rotatable bonds is 8. The van der Waals surface area contributed by atoms with E-state index in [9.17, 15) is 9.59 Å². The minimum Gasteiger partial charge on any atom is -0.497 e. The number of benzene rings is 2. The molecule has 4 rings (SSSR count). The number of anilines is 1. The molecule has 8 nitrogen and oxygen atoms in total. The van der Waals surface area contributed by atoms with Gasteiger partial charge in [0.25, 0.3) is 5.91 Å². The van der Waals surface area contributed by atoms with Crippen LogP contribution in [0.5, 0.6) is 5.75 Å². The number of aromatic carboxylic acids is 1. The molecule has 2 aromatic heterocycles. The van der Waals surface area contributed by atoms with Crippen molar-refractivity contribution in [2.24, 2.45) is 0 Å². The Morgan fingerprint density at radius 1 is 1.12 bits per heavy atom. The SMILES string of the molecule is CCCn1cc(-n2c(CC)c(C(=O)Nc3ccc(C(=O)O)cc3)c3cc(OC)ccc32)cn1. The summed E-state index contributed by atoms with van der Waals surface area (Å²) >= 11 is 0. The van der Waals surface area contributed by atoms with E-state index in [1.54, 1.807) is 19.2 Å². The third kappa shape index (κ3) is 4.19. The van der Waals surface area contributed by atoms with Gasteiger partial charge in [0.2, 0.25) is 0 Å². The molecule has 0 radical (unpaired) electrons. The van der Waals surface area contributed by atoms with E-state index in [1.807, 2.05) is 42.2 Å². The van der Waals surface area contributed by atoms with Crippen LogP contribution in [0.15, 0.2) is 54.9 Å². The van der Waals surface area contributed by atoms with Crippen molar-refractivity contribution in [2.75, 3.05) is 12.4 Å². The molecule has 0 aliphatic heterocycles. The quantitative estimate of drug-likeness (QED) is 0.407. The predicted octanol–water partition coefficient (Wildman–Crippen LogP) is 4.76. The average Bonchev–Trinajstić information content (AvgIpc) is 3.40. The molecular weight excluding hydrogens is 420 g/mol. The first-order chi connectivity index (χ1) is 16.0. The Kier molecular flexibility index (Phi) is 6.17. The highest BCUT2D eigenvalue weighted by atomic mass is 16.5. The molecule has 0 spiro atoms. The maximum Gasteiger partial charge on any atom is 0.335 e.